The molecule has 15 heavy (non-hydrogen) atoms. The van der Waals surface area contributed by atoms with E-state index in [0.29, 0.717) is 0 Å². The first kappa shape index (κ1) is 11.9. The highest BCUT2D eigenvalue weighted by molar-refractivity contribution is 9.09. The molecule has 0 radical (unpaired) electrons. The zero-order valence-electron chi connectivity index (χ0n) is 8.40. The summed E-state index contributed by atoms with van der Waals surface area (Å²) in [6.45, 7) is 0. The average molecular weight is 265 g/mol. The molecule has 2 heteroatoms. The Kier molecular flexibility index (Phi) is 5.71. The van der Waals surface area contributed by atoms with Gasteiger partial charge in [-0.1, -0.05) is 58.4 Å². The zero-order valence-corrected chi connectivity index (χ0v) is 9.98. The van der Waals surface area contributed by atoms with E-state index in [1.54, 1.807) is 6.08 Å². The summed E-state index contributed by atoms with van der Waals surface area (Å²) in [7, 11) is 0. The minimum absolute atomic E-state index is 0.782. The molecular weight excluding hydrogens is 252 g/mol. The lowest BCUT2D eigenvalue weighted by Gasteiger charge is -1.95. The molecule has 0 aliphatic rings. The highest BCUT2D eigenvalue weighted by Crippen LogP contribution is 2.08. The summed E-state index contributed by atoms with van der Waals surface area (Å²) in [5, 5.41) is 0.990. The van der Waals surface area contributed by atoms with Crippen molar-refractivity contribution < 1.29 is 4.79 Å². The minimum atomic E-state index is 0.782. The molecule has 0 aliphatic carbocycles. The van der Waals surface area contributed by atoms with E-state index in [9.17, 15) is 4.79 Å². The second-order valence-electron chi connectivity index (χ2n) is 3.04. The van der Waals surface area contributed by atoms with Gasteiger partial charge in [-0.15, -0.1) is 0 Å². The van der Waals surface area contributed by atoms with Crippen molar-refractivity contribution in [1.29, 1.82) is 0 Å². The number of alkyl halides is 1. The van der Waals surface area contributed by atoms with Gasteiger partial charge in [0.15, 0.2) is 0 Å². The van der Waals surface area contributed by atoms with E-state index >= 15 is 0 Å². The standard InChI is InChI=1S/C13H13BrO/c14-10-2-1-4-12-6-8-13(9-7-12)5-3-11-15/h1,3-9,11H,2,10H2/b4-1?,5-3+. The Morgan fingerprint density at radius 2 is 1.67 bits per heavy atom. The number of rotatable bonds is 5. The summed E-state index contributed by atoms with van der Waals surface area (Å²) in [6.07, 6.45) is 9.32. The summed E-state index contributed by atoms with van der Waals surface area (Å²) < 4.78 is 0. The van der Waals surface area contributed by atoms with E-state index in [4.69, 9.17) is 0 Å². The van der Waals surface area contributed by atoms with Crippen LogP contribution in [0.1, 0.15) is 17.5 Å². The van der Waals surface area contributed by atoms with Crippen LogP contribution in [0.25, 0.3) is 12.2 Å². The summed E-state index contributed by atoms with van der Waals surface area (Å²) >= 11 is 3.37. The Labute approximate surface area is 98.6 Å². The van der Waals surface area contributed by atoms with Gasteiger partial charge >= 0.3 is 0 Å². The smallest absolute Gasteiger partial charge is 0.142 e. The summed E-state index contributed by atoms with van der Waals surface area (Å²) in [4.78, 5) is 10.1. The van der Waals surface area contributed by atoms with Crippen LogP contribution >= 0.6 is 15.9 Å². The highest BCUT2D eigenvalue weighted by atomic mass is 79.9. The molecule has 0 spiro atoms. The van der Waals surface area contributed by atoms with Gasteiger partial charge in [0.2, 0.25) is 0 Å². The van der Waals surface area contributed by atoms with Crippen LogP contribution in [0.15, 0.2) is 36.4 Å². The quantitative estimate of drug-likeness (QED) is 0.450. The third-order valence-corrected chi connectivity index (χ3v) is 2.35. The van der Waals surface area contributed by atoms with Gasteiger partial charge in [0.05, 0.1) is 0 Å². The second kappa shape index (κ2) is 7.18. The second-order valence-corrected chi connectivity index (χ2v) is 3.83. The Hall–Kier alpha value is -1.15. The average Bonchev–Trinajstić information content (AvgIpc) is 2.28. The van der Waals surface area contributed by atoms with Gasteiger partial charge in [0, 0.05) is 5.33 Å². The predicted octanol–water partition coefficient (Wildman–Crippen LogP) is 3.70. The maximum Gasteiger partial charge on any atom is 0.142 e. The van der Waals surface area contributed by atoms with Crippen LogP contribution in [0.4, 0.5) is 0 Å². The largest absolute Gasteiger partial charge is 0.299 e. The molecule has 0 aliphatic heterocycles. The Bertz CT molecular complexity index is 349. The van der Waals surface area contributed by atoms with E-state index in [1.165, 1.54) is 11.6 Å². The lowest BCUT2D eigenvalue weighted by Crippen LogP contribution is -1.75. The van der Waals surface area contributed by atoms with Gasteiger partial charge in [-0.3, -0.25) is 4.79 Å². The van der Waals surface area contributed by atoms with E-state index < -0.39 is 0 Å². The van der Waals surface area contributed by atoms with Crippen molar-refractivity contribution in [1.82, 2.24) is 0 Å². The molecule has 0 unspecified atom stereocenters. The monoisotopic (exact) mass is 264 g/mol. The number of carbonyl (C=O) groups is 1. The highest BCUT2D eigenvalue weighted by Gasteiger charge is 1.87. The van der Waals surface area contributed by atoms with Crippen molar-refractivity contribution in [3.05, 3.63) is 47.5 Å². The van der Waals surface area contributed by atoms with Gasteiger partial charge in [0.1, 0.15) is 6.29 Å². The van der Waals surface area contributed by atoms with Crippen molar-refractivity contribution in [2.24, 2.45) is 0 Å². The van der Waals surface area contributed by atoms with E-state index in [0.717, 1.165) is 23.6 Å². The van der Waals surface area contributed by atoms with Crippen molar-refractivity contribution in [3.8, 4) is 0 Å². The first-order valence-corrected chi connectivity index (χ1v) is 5.93. The molecule has 1 rings (SSSR count). The number of allylic oxidation sites excluding steroid dienone is 2. The van der Waals surface area contributed by atoms with Crippen LogP contribution in [-0.4, -0.2) is 11.6 Å². The molecule has 0 saturated carbocycles. The van der Waals surface area contributed by atoms with Gasteiger partial charge in [-0.2, -0.15) is 0 Å². The maximum atomic E-state index is 10.1. The fourth-order valence-electron chi connectivity index (χ4n) is 1.15. The molecule has 0 atom stereocenters. The Morgan fingerprint density at radius 3 is 2.20 bits per heavy atom. The third-order valence-electron chi connectivity index (χ3n) is 1.89. The van der Waals surface area contributed by atoms with Crippen LogP contribution in [0.3, 0.4) is 0 Å². The zero-order chi connectivity index (χ0) is 10.9. The van der Waals surface area contributed by atoms with Crippen LogP contribution in [-0.2, 0) is 4.79 Å². The number of hydrogen-bond donors (Lipinski definition) is 0. The Morgan fingerprint density at radius 1 is 1.07 bits per heavy atom. The molecule has 0 heterocycles. The van der Waals surface area contributed by atoms with Crippen LogP contribution in [0, 0.1) is 0 Å². The van der Waals surface area contributed by atoms with Crippen LogP contribution < -0.4 is 0 Å². The predicted molar refractivity (Wildman–Crippen MR) is 69.0 cm³/mol. The lowest BCUT2D eigenvalue weighted by atomic mass is 10.1. The molecular formula is C13H13BrO. The normalized spacial score (nSPS) is 11.3. The molecule has 0 bridgehead atoms. The summed E-state index contributed by atoms with van der Waals surface area (Å²) in [6, 6.07) is 8.06. The van der Waals surface area contributed by atoms with Crippen molar-refractivity contribution in [3.63, 3.8) is 0 Å². The first-order chi connectivity index (χ1) is 7.36. The molecule has 0 aromatic heterocycles. The van der Waals surface area contributed by atoms with Crippen molar-refractivity contribution >= 4 is 34.4 Å². The number of benzene rings is 1. The van der Waals surface area contributed by atoms with Crippen LogP contribution in [0.2, 0.25) is 0 Å². The topological polar surface area (TPSA) is 17.1 Å². The van der Waals surface area contributed by atoms with E-state index in [-0.39, 0.29) is 0 Å². The third kappa shape index (κ3) is 4.75. The fourth-order valence-corrected chi connectivity index (χ4v) is 1.42. The molecule has 0 amide bonds. The molecule has 1 aromatic rings. The van der Waals surface area contributed by atoms with E-state index in [1.807, 2.05) is 24.3 Å². The molecule has 0 saturated heterocycles. The minimum Gasteiger partial charge on any atom is -0.299 e. The first-order valence-electron chi connectivity index (χ1n) is 4.81. The van der Waals surface area contributed by atoms with Crippen LogP contribution in [0.5, 0.6) is 0 Å². The number of carbonyl (C=O) groups excluding carboxylic acids is 1. The molecule has 1 aromatic carbocycles. The maximum absolute atomic E-state index is 10.1. The molecule has 78 valence electrons. The van der Waals surface area contributed by atoms with Gasteiger partial charge < -0.3 is 0 Å². The van der Waals surface area contributed by atoms with Crippen molar-refractivity contribution in [2.45, 2.75) is 6.42 Å². The molecule has 1 nitrogen and oxygen atoms in total. The number of hydrogen-bond acceptors (Lipinski definition) is 1. The Balaban J connectivity index is 2.63. The molecule has 0 fully saturated rings. The summed E-state index contributed by atoms with van der Waals surface area (Å²) in [5.41, 5.74) is 2.22. The number of aldehydes is 1. The van der Waals surface area contributed by atoms with Gasteiger partial charge in [-0.05, 0) is 23.6 Å². The lowest BCUT2D eigenvalue weighted by molar-refractivity contribution is -0.104. The van der Waals surface area contributed by atoms with Crippen molar-refractivity contribution in [2.75, 3.05) is 5.33 Å². The van der Waals surface area contributed by atoms with Gasteiger partial charge in [-0.25, -0.2) is 0 Å². The summed E-state index contributed by atoms with van der Waals surface area (Å²) in [5.74, 6) is 0. The fraction of sp³-hybridized carbons (Fsp3) is 0.154. The van der Waals surface area contributed by atoms with Gasteiger partial charge in [0.25, 0.3) is 0 Å². The molecule has 0 N–H and O–H groups in total. The SMILES string of the molecule is O=C/C=C/c1ccc(C=CCCBr)cc1. The van der Waals surface area contributed by atoms with E-state index in [2.05, 4.69) is 28.1 Å². The number of halogens is 1.